The maximum Gasteiger partial charge on any atom is 0.410 e. The highest BCUT2D eigenvalue weighted by Gasteiger charge is 2.44. The molecule has 7 rings (SSSR count). The van der Waals surface area contributed by atoms with Crippen molar-refractivity contribution >= 4 is 23.1 Å². The third-order valence-corrected chi connectivity index (χ3v) is 9.06. The molecule has 0 atom stereocenters. The fourth-order valence-corrected chi connectivity index (χ4v) is 6.61. The molecule has 0 unspecified atom stereocenters. The third-order valence-electron chi connectivity index (χ3n) is 9.06. The molecule has 12 heteroatoms. The first-order chi connectivity index (χ1) is 21.6. The number of carbonyl (C=O) groups excluding carboxylic acids is 1. The van der Waals surface area contributed by atoms with Crippen LogP contribution in [0.1, 0.15) is 39.7 Å². The van der Waals surface area contributed by atoms with Crippen LogP contribution < -0.4 is 16.2 Å². The second kappa shape index (κ2) is 11.5. The number of nitrogen functional groups attached to an aromatic ring is 1. The van der Waals surface area contributed by atoms with Crippen LogP contribution in [-0.2, 0) is 4.74 Å². The summed E-state index contributed by atoms with van der Waals surface area (Å²) in [6, 6.07) is 17.9. The number of hydrogen-bond acceptors (Lipinski definition) is 9. The Morgan fingerprint density at radius 3 is 2.16 bits per heavy atom. The number of rotatable bonds is 6. The minimum atomic E-state index is -0.473. The van der Waals surface area contributed by atoms with E-state index in [0.29, 0.717) is 34.7 Å². The Bertz CT molecular complexity index is 1730. The van der Waals surface area contributed by atoms with Crippen molar-refractivity contribution in [2.24, 2.45) is 0 Å². The van der Waals surface area contributed by atoms with Crippen LogP contribution in [0.4, 0.5) is 10.6 Å². The van der Waals surface area contributed by atoms with Gasteiger partial charge in [0.15, 0.2) is 11.5 Å². The molecular formula is C33H40N8O4. The highest BCUT2D eigenvalue weighted by molar-refractivity contribution is 5.84. The molecular weight excluding hydrogens is 572 g/mol. The van der Waals surface area contributed by atoms with Gasteiger partial charge in [0.05, 0.1) is 5.69 Å². The maximum absolute atomic E-state index is 14.0. The standard InChI is InChI=1S/C33H40N8O4/c1-33(2,3)45-32(43)39-19-25(20-39)38-17-24(18-38)37-15-13-23(14-16-37)41-30-28(29(34)35-21-36-30)40(31(41)42)22-9-11-27(12-10-22)44-26-7-5-4-6-8-26/h4-12,21,23-25H,13-20H2,1-3H3,(H2,34,35,36). The lowest BCUT2D eigenvalue weighted by Crippen LogP contribution is -2.70. The molecule has 0 bridgehead atoms. The number of para-hydroxylation sites is 1. The number of piperidine rings is 1. The van der Waals surface area contributed by atoms with E-state index in [1.165, 1.54) is 6.33 Å². The van der Waals surface area contributed by atoms with E-state index < -0.39 is 5.60 Å². The maximum atomic E-state index is 14.0. The van der Waals surface area contributed by atoms with Crippen LogP contribution in [0, 0.1) is 0 Å². The summed E-state index contributed by atoms with van der Waals surface area (Å²) in [6.45, 7) is 11.0. The summed E-state index contributed by atoms with van der Waals surface area (Å²) < 4.78 is 14.9. The van der Waals surface area contributed by atoms with Gasteiger partial charge in [0, 0.05) is 57.4 Å². The predicted molar refractivity (Wildman–Crippen MR) is 171 cm³/mol. The van der Waals surface area contributed by atoms with Crippen LogP contribution in [-0.4, -0.2) is 96.8 Å². The molecule has 236 valence electrons. The van der Waals surface area contributed by atoms with E-state index in [1.807, 2.05) is 79.9 Å². The number of amides is 1. The average molecular weight is 613 g/mol. The SMILES string of the molecule is CC(C)(C)OC(=O)N1CC(N2CC(N3CCC(n4c(=O)n(-c5ccc(Oc6ccccc6)cc5)c5c(N)ncnc54)CC3)C2)C1. The van der Waals surface area contributed by atoms with Gasteiger partial charge in [-0.2, -0.15) is 0 Å². The Morgan fingerprint density at radius 1 is 0.844 bits per heavy atom. The van der Waals surface area contributed by atoms with E-state index in [0.717, 1.165) is 57.9 Å². The molecule has 0 saturated carbocycles. The van der Waals surface area contributed by atoms with Crippen molar-refractivity contribution in [1.29, 1.82) is 0 Å². The van der Waals surface area contributed by atoms with Gasteiger partial charge in [-0.05, 0) is 70.0 Å². The van der Waals surface area contributed by atoms with Gasteiger partial charge < -0.3 is 20.1 Å². The lowest BCUT2D eigenvalue weighted by Gasteiger charge is -2.54. The largest absolute Gasteiger partial charge is 0.457 e. The summed E-state index contributed by atoms with van der Waals surface area (Å²) in [5.41, 5.74) is 7.47. The third kappa shape index (κ3) is 5.75. The molecule has 2 aromatic carbocycles. The van der Waals surface area contributed by atoms with Gasteiger partial charge in [-0.3, -0.25) is 18.9 Å². The zero-order chi connectivity index (χ0) is 31.3. The topological polar surface area (TPSA) is 124 Å². The van der Waals surface area contributed by atoms with E-state index in [4.69, 9.17) is 15.2 Å². The van der Waals surface area contributed by atoms with E-state index in [9.17, 15) is 9.59 Å². The van der Waals surface area contributed by atoms with E-state index in [1.54, 1.807) is 9.47 Å². The number of imidazole rings is 1. The summed E-state index contributed by atoms with van der Waals surface area (Å²) in [7, 11) is 0. The normalized spacial score (nSPS) is 19.0. The molecule has 0 radical (unpaired) electrons. The van der Waals surface area contributed by atoms with Crippen molar-refractivity contribution in [1.82, 2.24) is 33.8 Å². The second-order valence-electron chi connectivity index (χ2n) is 13.2. The first-order valence-electron chi connectivity index (χ1n) is 15.7. The number of nitrogens with zero attached hydrogens (tertiary/aromatic N) is 7. The van der Waals surface area contributed by atoms with Crippen LogP contribution in [0.15, 0.2) is 65.7 Å². The number of anilines is 1. The van der Waals surface area contributed by atoms with Crippen molar-refractivity contribution < 1.29 is 14.3 Å². The van der Waals surface area contributed by atoms with Gasteiger partial charge in [0.2, 0.25) is 0 Å². The summed E-state index contributed by atoms with van der Waals surface area (Å²) in [5.74, 6) is 1.68. The Labute approximate surface area is 262 Å². The lowest BCUT2D eigenvalue weighted by molar-refractivity contribution is -0.0622. The monoisotopic (exact) mass is 612 g/mol. The molecule has 12 nitrogen and oxygen atoms in total. The molecule has 5 heterocycles. The number of hydrogen-bond donors (Lipinski definition) is 1. The van der Waals surface area contributed by atoms with Crippen LogP contribution in [0.25, 0.3) is 16.9 Å². The van der Waals surface area contributed by atoms with Gasteiger partial charge >= 0.3 is 11.8 Å². The number of benzene rings is 2. The van der Waals surface area contributed by atoms with Crippen LogP contribution in [0.2, 0.25) is 0 Å². The van der Waals surface area contributed by atoms with E-state index >= 15 is 0 Å². The van der Waals surface area contributed by atoms with Gasteiger partial charge in [-0.25, -0.2) is 19.6 Å². The first-order valence-corrected chi connectivity index (χ1v) is 15.7. The molecule has 0 spiro atoms. The molecule has 2 aromatic heterocycles. The Balaban J connectivity index is 1.000. The molecule has 0 aliphatic carbocycles. The number of fused-ring (bicyclic) bond motifs is 1. The zero-order valence-electron chi connectivity index (χ0n) is 26.0. The molecule has 3 aliphatic heterocycles. The Kier molecular flexibility index (Phi) is 7.49. The first kappa shape index (κ1) is 29.3. The molecule has 1 amide bonds. The minimum Gasteiger partial charge on any atom is -0.457 e. The fourth-order valence-electron chi connectivity index (χ4n) is 6.61. The predicted octanol–water partition coefficient (Wildman–Crippen LogP) is 3.90. The molecule has 3 fully saturated rings. The number of nitrogens with two attached hydrogens (primary N) is 1. The van der Waals surface area contributed by atoms with Crippen molar-refractivity contribution in [3.05, 3.63) is 71.4 Å². The Morgan fingerprint density at radius 2 is 1.49 bits per heavy atom. The molecule has 2 N–H and O–H groups in total. The van der Waals surface area contributed by atoms with Crippen LogP contribution >= 0.6 is 0 Å². The summed E-state index contributed by atoms with van der Waals surface area (Å²) in [6.07, 6.45) is 2.89. The van der Waals surface area contributed by atoms with Crippen molar-refractivity contribution in [2.45, 2.75) is 57.3 Å². The summed E-state index contributed by atoms with van der Waals surface area (Å²) >= 11 is 0. The number of carbonyl (C=O) groups is 1. The van der Waals surface area contributed by atoms with Gasteiger partial charge in [-0.1, -0.05) is 18.2 Å². The van der Waals surface area contributed by atoms with E-state index in [2.05, 4.69) is 19.8 Å². The van der Waals surface area contributed by atoms with E-state index in [-0.39, 0.29) is 23.6 Å². The van der Waals surface area contributed by atoms with Crippen molar-refractivity contribution in [3.63, 3.8) is 0 Å². The van der Waals surface area contributed by atoms with Gasteiger partial charge in [0.1, 0.15) is 28.9 Å². The minimum absolute atomic E-state index is 0.0117. The average Bonchev–Trinajstić information content (AvgIpc) is 3.26. The van der Waals surface area contributed by atoms with Crippen molar-refractivity contribution in [3.8, 4) is 17.2 Å². The lowest BCUT2D eigenvalue weighted by atomic mass is 9.96. The van der Waals surface area contributed by atoms with Crippen LogP contribution in [0.3, 0.4) is 0 Å². The van der Waals surface area contributed by atoms with Crippen molar-refractivity contribution in [2.75, 3.05) is 45.0 Å². The summed E-state index contributed by atoms with van der Waals surface area (Å²) in [5, 5.41) is 0. The molecule has 4 aromatic rings. The number of aromatic nitrogens is 4. The van der Waals surface area contributed by atoms with Gasteiger partial charge in [-0.15, -0.1) is 0 Å². The van der Waals surface area contributed by atoms with Gasteiger partial charge in [0.25, 0.3) is 0 Å². The second-order valence-corrected chi connectivity index (χ2v) is 13.2. The number of ether oxygens (including phenoxy) is 2. The van der Waals surface area contributed by atoms with Crippen LogP contribution in [0.5, 0.6) is 11.5 Å². The summed E-state index contributed by atoms with van der Waals surface area (Å²) in [4.78, 5) is 41.8. The molecule has 3 aliphatic rings. The zero-order valence-corrected chi connectivity index (χ0v) is 26.0. The Hall–Kier alpha value is -4.42. The highest BCUT2D eigenvalue weighted by atomic mass is 16.6. The number of likely N-dealkylation sites (tertiary alicyclic amines) is 3. The highest BCUT2D eigenvalue weighted by Crippen LogP contribution is 2.32. The molecule has 45 heavy (non-hydrogen) atoms. The molecule has 3 saturated heterocycles. The quantitative estimate of drug-likeness (QED) is 0.345. The fraction of sp³-hybridized carbons (Fsp3) is 0.455. The smallest absolute Gasteiger partial charge is 0.410 e.